The fraction of sp³-hybridized carbons (Fsp3) is 0.267. The number of anilines is 1. The van der Waals surface area contributed by atoms with E-state index in [1.165, 1.54) is 0 Å². The van der Waals surface area contributed by atoms with Crippen molar-refractivity contribution in [1.29, 1.82) is 0 Å². The Hall–Kier alpha value is -1.79. The van der Waals surface area contributed by atoms with Gasteiger partial charge < -0.3 is 10.1 Å². The lowest BCUT2D eigenvalue weighted by molar-refractivity contribution is -0.176. The van der Waals surface area contributed by atoms with E-state index in [0.717, 1.165) is 11.3 Å². The Kier molecular flexibility index (Phi) is 5.63. The number of hydrogen-bond acceptors (Lipinski definition) is 3. The molecule has 0 radical (unpaired) electrons. The molecule has 1 aromatic heterocycles. The number of hydrogen-bond donors (Lipinski definition) is 1. The number of nitrogens with one attached hydrogen (secondary N) is 1. The van der Waals surface area contributed by atoms with Crippen molar-refractivity contribution in [2.24, 2.45) is 0 Å². The Balaban J connectivity index is 1.81. The van der Waals surface area contributed by atoms with Gasteiger partial charge >= 0.3 is 6.18 Å². The predicted octanol–water partition coefficient (Wildman–Crippen LogP) is 4.43. The lowest BCUT2D eigenvalue weighted by Crippen LogP contribution is -2.16. The lowest BCUT2D eigenvalue weighted by atomic mass is 10.1. The second kappa shape index (κ2) is 7.47. The zero-order chi connectivity index (χ0) is 16.0. The predicted molar refractivity (Wildman–Crippen MR) is 78.7 cm³/mol. The lowest BCUT2D eigenvalue weighted by Gasteiger charge is -2.09. The molecule has 0 atom stereocenters. The van der Waals surface area contributed by atoms with Gasteiger partial charge in [-0.1, -0.05) is 35.9 Å². The number of rotatable bonds is 6. The van der Waals surface area contributed by atoms with Gasteiger partial charge in [0.05, 0.1) is 6.61 Å². The molecule has 1 heterocycles. The fourth-order valence-corrected chi connectivity index (χ4v) is 1.93. The molecule has 0 spiro atoms. The van der Waals surface area contributed by atoms with Crippen molar-refractivity contribution < 1.29 is 17.9 Å². The van der Waals surface area contributed by atoms with E-state index in [2.05, 4.69) is 15.0 Å². The van der Waals surface area contributed by atoms with E-state index in [1.54, 1.807) is 30.5 Å². The van der Waals surface area contributed by atoms with E-state index < -0.39 is 12.8 Å². The van der Waals surface area contributed by atoms with Crippen molar-refractivity contribution in [3.63, 3.8) is 0 Å². The smallest absolute Gasteiger partial charge is 0.381 e. The minimum absolute atomic E-state index is 0.0623. The summed E-state index contributed by atoms with van der Waals surface area (Å²) in [6.07, 6.45) is -2.69. The molecule has 1 aromatic carbocycles. The molecule has 22 heavy (non-hydrogen) atoms. The highest BCUT2D eigenvalue weighted by Gasteiger charge is 2.27. The third-order valence-electron chi connectivity index (χ3n) is 2.78. The van der Waals surface area contributed by atoms with Gasteiger partial charge in [-0.15, -0.1) is 0 Å². The first-order valence-corrected chi connectivity index (χ1v) is 6.88. The molecule has 0 fully saturated rings. The maximum absolute atomic E-state index is 12.0. The fourth-order valence-electron chi connectivity index (χ4n) is 1.75. The van der Waals surface area contributed by atoms with Crippen LogP contribution in [0.5, 0.6) is 0 Å². The molecule has 0 amide bonds. The zero-order valence-electron chi connectivity index (χ0n) is 11.5. The van der Waals surface area contributed by atoms with Gasteiger partial charge in [0.25, 0.3) is 0 Å². The van der Waals surface area contributed by atoms with Gasteiger partial charge in [0.1, 0.15) is 11.8 Å². The van der Waals surface area contributed by atoms with Crippen LogP contribution in [0.1, 0.15) is 11.1 Å². The van der Waals surface area contributed by atoms with Crippen molar-refractivity contribution in [2.45, 2.75) is 19.3 Å². The molecule has 0 unspecified atom stereocenters. The SMILES string of the molecule is FC(F)(F)COCc1ccc(CNc2ccnc(Cl)c2)cc1. The van der Waals surface area contributed by atoms with Gasteiger partial charge in [-0.25, -0.2) is 4.98 Å². The van der Waals surface area contributed by atoms with Crippen LogP contribution in [-0.2, 0) is 17.9 Å². The van der Waals surface area contributed by atoms with E-state index >= 15 is 0 Å². The van der Waals surface area contributed by atoms with Gasteiger partial charge in [-0.2, -0.15) is 13.2 Å². The number of nitrogens with zero attached hydrogens (tertiary/aromatic N) is 1. The topological polar surface area (TPSA) is 34.1 Å². The molecule has 0 bridgehead atoms. The maximum atomic E-state index is 12.0. The third kappa shape index (κ3) is 5.91. The molecule has 3 nitrogen and oxygen atoms in total. The standard InChI is InChI=1S/C15H14ClF3N2O/c16-14-7-13(5-6-20-14)21-8-11-1-3-12(4-2-11)9-22-10-15(17,18)19/h1-7H,8-10H2,(H,20,21). The third-order valence-corrected chi connectivity index (χ3v) is 2.99. The van der Waals surface area contributed by atoms with Crippen LogP contribution in [0.15, 0.2) is 42.6 Å². The minimum atomic E-state index is -4.30. The summed E-state index contributed by atoms with van der Waals surface area (Å²) >= 11 is 5.78. The van der Waals surface area contributed by atoms with Gasteiger partial charge in [0.15, 0.2) is 0 Å². The summed E-state index contributed by atoms with van der Waals surface area (Å²) in [6.45, 7) is -0.726. The number of ether oxygens (including phenoxy) is 1. The number of aromatic nitrogens is 1. The molecule has 118 valence electrons. The molecule has 0 saturated heterocycles. The number of benzene rings is 1. The number of halogens is 4. The average Bonchev–Trinajstić information content (AvgIpc) is 2.45. The van der Waals surface area contributed by atoms with E-state index in [1.807, 2.05) is 12.1 Å². The second-order valence-electron chi connectivity index (χ2n) is 4.65. The normalized spacial score (nSPS) is 11.5. The summed E-state index contributed by atoms with van der Waals surface area (Å²) in [5.41, 5.74) is 2.53. The van der Waals surface area contributed by atoms with Crippen molar-refractivity contribution in [3.05, 3.63) is 58.9 Å². The molecule has 0 saturated carbocycles. The van der Waals surface area contributed by atoms with Crippen molar-refractivity contribution >= 4 is 17.3 Å². The highest BCUT2D eigenvalue weighted by atomic mass is 35.5. The Bertz CT molecular complexity index is 602. The van der Waals surface area contributed by atoms with Crippen molar-refractivity contribution in [1.82, 2.24) is 4.98 Å². The average molecular weight is 331 g/mol. The molecule has 0 aliphatic heterocycles. The second-order valence-corrected chi connectivity index (χ2v) is 5.03. The van der Waals surface area contributed by atoms with Crippen LogP contribution in [0.3, 0.4) is 0 Å². The summed E-state index contributed by atoms with van der Waals surface area (Å²) in [7, 11) is 0. The van der Waals surface area contributed by atoms with Crippen LogP contribution in [0.2, 0.25) is 5.15 Å². The minimum Gasteiger partial charge on any atom is -0.381 e. The number of alkyl halides is 3. The van der Waals surface area contributed by atoms with Gasteiger partial charge in [-0.05, 0) is 23.3 Å². The largest absolute Gasteiger partial charge is 0.411 e. The molecule has 0 aliphatic rings. The molecule has 0 aliphatic carbocycles. The highest BCUT2D eigenvalue weighted by Crippen LogP contribution is 2.16. The van der Waals surface area contributed by atoms with E-state index in [-0.39, 0.29) is 6.61 Å². The van der Waals surface area contributed by atoms with Crippen LogP contribution >= 0.6 is 11.6 Å². The zero-order valence-corrected chi connectivity index (χ0v) is 12.3. The quantitative estimate of drug-likeness (QED) is 0.796. The summed E-state index contributed by atoms with van der Waals surface area (Å²) in [6, 6.07) is 10.7. The summed E-state index contributed by atoms with van der Waals surface area (Å²) in [5, 5.41) is 3.58. The molecule has 2 aromatic rings. The molecule has 7 heteroatoms. The maximum Gasteiger partial charge on any atom is 0.411 e. The molecule has 2 rings (SSSR count). The van der Waals surface area contributed by atoms with Gasteiger partial charge in [0.2, 0.25) is 0 Å². The van der Waals surface area contributed by atoms with Gasteiger partial charge in [-0.3, -0.25) is 0 Å². The Morgan fingerprint density at radius 1 is 1.09 bits per heavy atom. The van der Waals surface area contributed by atoms with Crippen LogP contribution in [0, 0.1) is 0 Å². The first-order valence-electron chi connectivity index (χ1n) is 6.50. The molecular weight excluding hydrogens is 317 g/mol. The van der Waals surface area contributed by atoms with E-state index in [9.17, 15) is 13.2 Å². The van der Waals surface area contributed by atoms with Crippen LogP contribution < -0.4 is 5.32 Å². The highest BCUT2D eigenvalue weighted by molar-refractivity contribution is 6.29. The summed E-state index contributed by atoms with van der Waals surface area (Å²) in [5.74, 6) is 0. The molecular formula is C15H14ClF3N2O. The first kappa shape index (κ1) is 16.6. The van der Waals surface area contributed by atoms with Crippen LogP contribution in [0.4, 0.5) is 18.9 Å². The Morgan fingerprint density at radius 2 is 1.77 bits per heavy atom. The van der Waals surface area contributed by atoms with Crippen molar-refractivity contribution in [2.75, 3.05) is 11.9 Å². The Labute approximate surface area is 131 Å². The van der Waals surface area contributed by atoms with Crippen molar-refractivity contribution in [3.8, 4) is 0 Å². The summed E-state index contributed by atoms with van der Waals surface area (Å²) in [4.78, 5) is 3.88. The van der Waals surface area contributed by atoms with Crippen LogP contribution in [-0.4, -0.2) is 17.8 Å². The van der Waals surface area contributed by atoms with E-state index in [4.69, 9.17) is 11.6 Å². The van der Waals surface area contributed by atoms with Crippen LogP contribution in [0.25, 0.3) is 0 Å². The monoisotopic (exact) mass is 330 g/mol. The summed E-state index contributed by atoms with van der Waals surface area (Å²) < 4.78 is 40.5. The first-order chi connectivity index (χ1) is 10.4. The van der Waals surface area contributed by atoms with Gasteiger partial charge in [0, 0.05) is 18.4 Å². The number of pyridine rings is 1. The Morgan fingerprint density at radius 3 is 2.41 bits per heavy atom. The molecule has 1 N–H and O–H groups in total. The van der Waals surface area contributed by atoms with E-state index in [0.29, 0.717) is 17.3 Å².